The highest BCUT2D eigenvalue weighted by Gasteiger charge is 2.23. The molecule has 1 aliphatic rings. The predicted octanol–water partition coefficient (Wildman–Crippen LogP) is 1.35. The number of aryl methyl sites for hydroxylation is 1. The predicted molar refractivity (Wildman–Crippen MR) is 72.5 cm³/mol. The van der Waals surface area contributed by atoms with Crippen LogP contribution in [0.4, 0.5) is 0 Å². The first-order chi connectivity index (χ1) is 9.00. The second kappa shape index (κ2) is 5.47. The third-order valence-electron chi connectivity index (χ3n) is 3.38. The molecule has 1 aliphatic carbocycles. The smallest absolute Gasteiger partial charge is 0.264 e. The lowest BCUT2D eigenvalue weighted by Crippen LogP contribution is -2.33. The van der Waals surface area contributed by atoms with Crippen LogP contribution < -0.4 is 10.9 Å². The van der Waals surface area contributed by atoms with Crippen LogP contribution in [0.5, 0.6) is 5.75 Å². The summed E-state index contributed by atoms with van der Waals surface area (Å²) in [4.78, 5) is 26.6. The maximum Gasteiger partial charge on any atom is 0.264 e. The fourth-order valence-electron chi connectivity index (χ4n) is 2.36. The number of hydrogen-bond donors (Lipinski definition) is 3. The van der Waals surface area contributed by atoms with E-state index in [1.54, 1.807) is 0 Å². The number of pyridine rings is 1. The first-order valence-electron chi connectivity index (χ1n) is 6.76. The van der Waals surface area contributed by atoms with Gasteiger partial charge in [-0.15, -0.1) is 0 Å². The molecule has 0 saturated heterocycles. The molecular formula is C14H20N2O3. The zero-order valence-corrected chi connectivity index (χ0v) is 11.4. The molecule has 1 amide bonds. The molecule has 1 aromatic heterocycles. The maximum absolute atomic E-state index is 12.0. The van der Waals surface area contributed by atoms with Gasteiger partial charge in [0.05, 0.1) is 0 Å². The summed E-state index contributed by atoms with van der Waals surface area (Å²) in [6.07, 6.45) is 3.44. The topological polar surface area (TPSA) is 82.2 Å². The van der Waals surface area contributed by atoms with Crippen molar-refractivity contribution in [3.63, 3.8) is 0 Å². The quantitative estimate of drug-likeness (QED) is 0.770. The fraction of sp³-hybridized carbons (Fsp3) is 0.571. The van der Waals surface area contributed by atoms with Crippen molar-refractivity contribution in [3.05, 3.63) is 27.2 Å². The summed E-state index contributed by atoms with van der Waals surface area (Å²) in [6.45, 7) is 4.42. The molecule has 0 fully saturated rings. The Morgan fingerprint density at radius 1 is 1.37 bits per heavy atom. The van der Waals surface area contributed by atoms with Gasteiger partial charge in [0, 0.05) is 17.8 Å². The number of nitrogens with one attached hydrogen (secondary N) is 2. The average Bonchev–Trinajstić information content (AvgIpc) is 2.36. The van der Waals surface area contributed by atoms with Gasteiger partial charge in [0.2, 0.25) is 0 Å². The zero-order chi connectivity index (χ0) is 14.0. The van der Waals surface area contributed by atoms with E-state index in [2.05, 4.69) is 10.3 Å². The van der Waals surface area contributed by atoms with Gasteiger partial charge >= 0.3 is 0 Å². The van der Waals surface area contributed by atoms with Crippen molar-refractivity contribution in [2.45, 2.75) is 39.5 Å². The Hall–Kier alpha value is -1.78. The number of hydrogen-bond acceptors (Lipinski definition) is 3. The highest BCUT2D eigenvalue weighted by molar-refractivity contribution is 5.96. The Labute approximate surface area is 112 Å². The number of fused-ring (bicyclic) bond motifs is 1. The lowest BCUT2D eigenvalue weighted by atomic mass is 9.93. The van der Waals surface area contributed by atoms with Gasteiger partial charge in [0.25, 0.3) is 11.5 Å². The Balaban J connectivity index is 2.35. The summed E-state index contributed by atoms with van der Waals surface area (Å²) in [7, 11) is 0. The normalized spacial score (nSPS) is 14.3. The SMILES string of the molecule is CC(C)CNC(=O)c1c(O)c2c([nH]c1=O)CCCC2. The Kier molecular flexibility index (Phi) is 3.93. The number of aromatic nitrogens is 1. The van der Waals surface area contributed by atoms with Crippen molar-refractivity contribution in [1.29, 1.82) is 0 Å². The first-order valence-corrected chi connectivity index (χ1v) is 6.76. The summed E-state index contributed by atoms with van der Waals surface area (Å²) in [5.74, 6) is -0.344. The Bertz CT molecular complexity index is 546. The van der Waals surface area contributed by atoms with Crippen molar-refractivity contribution in [3.8, 4) is 5.75 Å². The number of amides is 1. The largest absolute Gasteiger partial charge is 0.507 e. The molecule has 104 valence electrons. The Morgan fingerprint density at radius 3 is 2.74 bits per heavy atom. The number of aromatic hydroxyl groups is 1. The number of carbonyl (C=O) groups excluding carboxylic acids is 1. The van der Waals surface area contributed by atoms with Crippen LogP contribution in [-0.4, -0.2) is 22.5 Å². The van der Waals surface area contributed by atoms with Gasteiger partial charge in [-0.1, -0.05) is 13.8 Å². The Morgan fingerprint density at radius 2 is 2.05 bits per heavy atom. The van der Waals surface area contributed by atoms with Gasteiger partial charge in [-0.3, -0.25) is 9.59 Å². The molecule has 2 rings (SSSR count). The standard InChI is InChI=1S/C14H20N2O3/c1-8(2)7-15-13(18)11-12(17)9-5-3-4-6-10(9)16-14(11)19/h8H,3-7H2,1-2H3,(H,15,18)(H2,16,17,19). The van der Waals surface area contributed by atoms with Gasteiger partial charge in [0.15, 0.2) is 0 Å². The molecule has 0 spiro atoms. The van der Waals surface area contributed by atoms with Crippen LogP contribution in [0.2, 0.25) is 0 Å². The molecule has 19 heavy (non-hydrogen) atoms. The van der Waals surface area contributed by atoms with Crippen LogP contribution in [0.3, 0.4) is 0 Å². The van der Waals surface area contributed by atoms with Crippen molar-refractivity contribution in [2.75, 3.05) is 6.54 Å². The average molecular weight is 264 g/mol. The molecule has 1 aromatic rings. The van der Waals surface area contributed by atoms with Crippen molar-refractivity contribution < 1.29 is 9.90 Å². The van der Waals surface area contributed by atoms with Crippen LogP contribution in [0, 0.1) is 5.92 Å². The molecule has 0 radical (unpaired) electrons. The first kappa shape index (κ1) is 13.6. The molecule has 0 bridgehead atoms. The minimum absolute atomic E-state index is 0.139. The monoisotopic (exact) mass is 264 g/mol. The molecule has 0 aromatic carbocycles. The summed E-state index contributed by atoms with van der Waals surface area (Å²) < 4.78 is 0. The molecular weight excluding hydrogens is 244 g/mol. The van der Waals surface area contributed by atoms with Crippen LogP contribution >= 0.6 is 0 Å². The number of rotatable bonds is 3. The molecule has 3 N–H and O–H groups in total. The van der Waals surface area contributed by atoms with E-state index in [1.165, 1.54) is 0 Å². The summed E-state index contributed by atoms with van der Waals surface area (Å²) in [5, 5.41) is 12.8. The van der Waals surface area contributed by atoms with Crippen LogP contribution in [-0.2, 0) is 12.8 Å². The van der Waals surface area contributed by atoms with Gasteiger partial charge in [-0.05, 0) is 31.6 Å². The van der Waals surface area contributed by atoms with Crippen molar-refractivity contribution >= 4 is 5.91 Å². The van der Waals surface area contributed by atoms with E-state index in [9.17, 15) is 14.7 Å². The van der Waals surface area contributed by atoms with E-state index in [0.717, 1.165) is 30.5 Å². The van der Waals surface area contributed by atoms with Crippen molar-refractivity contribution in [2.24, 2.45) is 5.92 Å². The van der Waals surface area contributed by atoms with E-state index < -0.39 is 11.5 Å². The number of carbonyl (C=O) groups is 1. The third-order valence-corrected chi connectivity index (χ3v) is 3.38. The fourth-order valence-corrected chi connectivity index (χ4v) is 2.36. The molecule has 5 nitrogen and oxygen atoms in total. The summed E-state index contributed by atoms with van der Waals surface area (Å²) in [5.41, 5.74) is 0.843. The molecule has 0 atom stereocenters. The van der Waals surface area contributed by atoms with E-state index in [-0.39, 0.29) is 11.3 Å². The lowest BCUT2D eigenvalue weighted by Gasteiger charge is -2.18. The van der Waals surface area contributed by atoms with E-state index >= 15 is 0 Å². The van der Waals surface area contributed by atoms with Gasteiger partial charge in [-0.2, -0.15) is 0 Å². The molecule has 0 aliphatic heterocycles. The van der Waals surface area contributed by atoms with Gasteiger partial charge in [-0.25, -0.2) is 0 Å². The molecule has 1 heterocycles. The minimum atomic E-state index is -0.501. The maximum atomic E-state index is 12.0. The number of H-pyrrole nitrogens is 1. The third kappa shape index (κ3) is 2.80. The van der Waals surface area contributed by atoms with E-state index in [0.29, 0.717) is 18.9 Å². The van der Waals surface area contributed by atoms with Crippen LogP contribution in [0.1, 0.15) is 48.3 Å². The van der Waals surface area contributed by atoms with E-state index in [4.69, 9.17) is 0 Å². The number of aromatic amines is 1. The summed E-state index contributed by atoms with van der Waals surface area (Å²) >= 11 is 0. The molecule has 0 unspecified atom stereocenters. The van der Waals surface area contributed by atoms with Gasteiger partial charge < -0.3 is 15.4 Å². The lowest BCUT2D eigenvalue weighted by molar-refractivity contribution is 0.0944. The zero-order valence-electron chi connectivity index (χ0n) is 11.4. The van der Waals surface area contributed by atoms with Gasteiger partial charge in [0.1, 0.15) is 11.3 Å². The highest BCUT2D eigenvalue weighted by atomic mass is 16.3. The molecule has 5 heteroatoms. The summed E-state index contributed by atoms with van der Waals surface area (Å²) in [6, 6.07) is 0. The van der Waals surface area contributed by atoms with E-state index in [1.807, 2.05) is 13.8 Å². The second-order valence-corrected chi connectivity index (χ2v) is 5.45. The highest BCUT2D eigenvalue weighted by Crippen LogP contribution is 2.28. The van der Waals surface area contributed by atoms with Crippen LogP contribution in [0.25, 0.3) is 0 Å². The van der Waals surface area contributed by atoms with Crippen LogP contribution in [0.15, 0.2) is 4.79 Å². The van der Waals surface area contributed by atoms with Crippen molar-refractivity contribution in [1.82, 2.24) is 10.3 Å². The minimum Gasteiger partial charge on any atom is -0.507 e. The molecule has 0 saturated carbocycles. The second-order valence-electron chi connectivity index (χ2n) is 5.45.